The number of nitrogens with zero attached hydrogens (tertiary/aromatic N) is 1. The van der Waals surface area contributed by atoms with Gasteiger partial charge in [0.2, 0.25) is 0 Å². The Hall–Kier alpha value is -1.24. The van der Waals surface area contributed by atoms with Crippen molar-refractivity contribution >= 4 is 21.9 Å². The third-order valence-corrected chi connectivity index (χ3v) is 2.58. The van der Waals surface area contributed by atoms with Crippen molar-refractivity contribution in [2.45, 2.75) is 12.8 Å². The van der Waals surface area contributed by atoms with E-state index in [4.69, 9.17) is 9.84 Å². The van der Waals surface area contributed by atoms with Gasteiger partial charge in [-0.25, -0.2) is 13.8 Å². The number of halogens is 3. The number of hydrogen-bond donors (Lipinski definition) is 1. The average Bonchev–Trinajstić information content (AvgIpc) is 2.19. The maximum Gasteiger partial charge on any atom is 0.307 e. The molecule has 0 fully saturated rings. The smallest absolute Gasteiger partial charge is 0.307 e. The van der Waals surface area contributed by atoms with Crippen molar-refractivity contribution < 1.29 is 23.4 Å². The van der Waals surface area contributed by atoms with Crippen LogP contribution in [0, 0.1) is 0 Å². The average molecular weight is 296 g/mol. The van der Waals surface area contributed by atoms with Crippen molar-refractivity contribution in [1.82, 2.24) is 4.98 Å². The quantitative estimate of drug-likeness (QED) is 0.867. The summed E-state index contributed by atoms with van der Waals surface area (Å²) in [7, 11) is 1.22. The first-order valence-electron chi connectivity index (χ1n) is 4.18. The minimum absolute atomic E-state index is 0.0677. The van der Waals surface area contributed by atoms with Gasteiger partial charge in [0.15, 0.2) is 0 Å². The van der Waals surface area contributed by atoms with E-state index in [1.54, 1.807) is 0 Å². The van der Waals surface area contributed by atoms with Crippen LogP contribution in [0.5, 0.6) is 5.75 Å². The molecule has 4 nitrogen and oxygen atoms in total. The van der Waals surface area contributed by atoms with Crippen LogP contribution in [0.4, 0.5) is 8.78 Å². The highest BCUT2D eigenvalue weighted by Gasteiger charge is 2.23. The van der Waals surface area contributed by atoms with E-state index in [1.807, 2.05) is 0 Å². The molecular formula is C9H8BrF2NO3. The summed E-state index contributed by atoms with van der Waals surface area (Å²) in [5.41, 5.74) is -0.506. The van der Waals surface area contributed by atoms with Crippen molar-refractivity contribution in [3.8, 4) is 5.75 Å². The summed E-state index contributed by atoms with van der Waals surface area (Å²) in [5.74, 6) is -1.33. The van der Waals surface area contributed by atoms with Gasteiger partial charge in [0.25, 0.3) is 6.43 Å². The molecule has 0 atom stereocenters. The number of rotatable bonds is 4. The predicted octanol–water partition coefficient (Wildman–Crippen LogP) is 2.42. The van der Waals surface area contributed by atoms with Crippen LogP contribution in [-0.2, 0) is 11.2 Å². The Balaban J connectivity index is 3.35. The summed E-state index contributed by atoms with van der Waals surface area (Å²) in [6.07, 6.45) is -2.23. The van der Waals surface area contributed by atoms with E-state index in [0.29, 0.717) is 0 Å². The van der Waals surface area contributed by atoms with Crippen molar-refractivity contribution in [2.24, 2.45) is 0 Å². The lowest BCUT2D eigenvalue weighted by molar-refractivity contribution is -0.136. The number of carboxylic acid groups (broad SMARTS) is 1. The first kappa shape index (κ1) is 12.8. The summed E-state index contributed by atoms with van der Waals surface area (Å²) in [4.78, 5) is 14.3. The molecule has 0 saturated carbocycles. The third-order valence-electron chi connectivity index (χ3n) is 1.90. The molecule has 0 aromatic carbocycles. The fourth-order valence-corrected chi connectivity index (χ4v) is 1.70. The zero-order chi connectivity index (χ0) is 12.3. The first-order chi connectivity index (χ1) is 7.47. The molecule has 88 valence electrons. The first-order valence-corrected chi connectivity index (χ1v) is 4.97. The van der Waals surface area contributed by atoms with Gasteiger partial charge in [-0.1, -0.05) is 0 Å². The summed E-state index contributed by atoms with van der Waals surface area (Å²) < 4.78 is 30.4. The van der Waals surface area contributed by atoms with Crippen LogP contribution in [0.1, 0.15) is 17.6 Å². The number of carbonyl (C=O) groups is 1. The zero-order valence-corrected chi connectivity index (χ0v) is 9.79. The number of hydrogen-bond acceptors (Lipinski definition) is 3. The lowest BCUT2D eigenvalue weighted by atomic mass is 10.1. The number of pyridine rings is 1. The van der Waals surface area contributed by atoms with Gasteiger partial charge in [-0.15, -0.1) is 0 Å². The molecule has 0 aliphatic carbocycles. The number of ether oxygens (including phenoxy) is 1. The molecule has 7 heteroatoms. The Morgan fingerprint density at radius 3 is 2.75 bits per heavy atom. The SMILES string of the molecule is COc1cnc(Br)c(CC(=O)O)c1C(F)F. The van der Waals surface area contributed by atoms with Crippen LogP contribution in [0.25, 0.3) is 0 Å². The minimum Gasteiger partial charge on any atom is -0.495 e. The Morgan fingerprint density at radius 1 is 1.69 bits per heavy atom. The highest BCUT2D eigenvalue weighted by atomic mass is 79.9. The number of aliphatic carboxylic acids is 1. The van der Waals surface area contributed by atoms with Gasteiger partial charge in [0, 0.05) is 5.56 Å². The van der Waals surface area contributed by atoms with Crippen LogP contribution < -0.4 is 4.74 Å². The van der Waals surface area contributed by atoms with Crippen molar-refractivity contribution in [3.05, 3.63) is 21.9 Å². The Labute approximate surface area is 98.4 Å². The van der Waals surface area contributed by atoms with Gasteiger partial charge in [0.05, 0.1) is 25.3 Å². The summed E-state index contributed by atoms with van der Waals surface area (Å²) >= 11 is 2.94. The van der Waals surface area contributed by atoms with Crippen LogP contribution in [-0.4, -0.2) is 23.2 Å². The lowest BCUT2D eigenvalue weighted by Gasteiger charge is -2.12. The second kappa shape index (κ2) is 5.20. The molecule has 16 heavy (non-hydrogen) atoms. The van der Waals surface area contributed by atoms with E-state index in [0.717, 1.165) is 6.20 Å². The number of carboxylic acids is 1. The van der Waals surface area contributed by atoms with Crippen LogP contribution in [0.2, 0.25) is 0 Å². The van der Waals surface area contributed by atoms with Gasteiger partial charge < -0.3 is 9.84 Å². The van der Waals surface area contributed by atoms with Crippen molar-refractivity contribution in [2.75, 3.05) is 7.11 Å². The molecule has 0 saturated heterocycles. The summed E-state index contributed by atoms with van der Waals surface area (Å²) in [6.45, 7) is 0. The normalized spacial score (nSPS) is 10.6. The molecule has 0 bridgehead atoms. The van der Waals surface area contributed by atoms with Gasteiger partial charge in [-0.05, 0) is 15.9 Å². The molecule has 0 spiro atoms. The monoisotopic (exact) mass is 295 g/mol. The standard InChI is InChI=1S/C9H8BrF2NO3/c1-16-5-3-13-8(10)4(2-6(14)15)7(5)9(11)12/h3,9H,2H2,1H3,(H,14,15). The fourth-order valence-electron chi connectivity index (χ4n) is 1.24. The zero-order valence-electron chi connectivity index (χ0n) is 8.21. The molecule has 0 radical (unpaired) electrons. The maximum atomic E-state index is 12.8. The van der Waals surface area contributed by atoms with Crippen LogP contribution >= 0.6 is 15.9 Å². The van der Waals surface area contributed by atoms with Crippen LogP contribution in [0.3, 0.4) is 0 Å². The minimum atomic E-state index is -2.82. The van der Waals surface area contributed by atoms with E-state index < -0.39 is 24.4 Å². The molecule has 1 aromatic heterocycles. The second-order valence-corrected chi connectivity index (χ2v) is 3.63. The topological polar surface area (TPSA) is 59.4 Å². The van der Waals surface area contributed by atoms with E-state index in [-0.39, 0.29) is 15.9 Å². The molecule has 0 amide bonds. The van der Waals surface area contributed by atoms with Crippen molar-refractivity contribution in [1.29, 1.82) is 0 Å². The second-order valence-electron chi connectivity index (χ2n) is 2.88. The highest BCUT2D eigenvalue weighted by molar-refractivity contribution is 9.10. The van der Waals surface area contributed by atoms with Gasteiger partial charge in [0.1, 0.15) is 10.4 Å². The molecular weight excluding hydrogens is 288 g/mol. The summed E-state index contributed by atoms with van der Waals surface area (Å²) in [6, 6.07) is 0. The molecule has 1 aromatic rings. The fraction of sp³-hybridized carbons (Fsp3) is 0.333. The number of aromatic nitrogens is 1. The molecule has 0 aliphatic heterocycles. The number of alkyl halides is 2. The summed E-state index contributed by atoms with van der Waals surface area (Å²) in [5, 5.41) is 8.63. The third kappa shape index (κ3) is 2.66. The maximum absolute atomic E-state index is 12.8. The lowest BCUT2D eigenvalue weighted by Crippen LogP contribution is -2.08. The van der Waals surface area contributed by atoms with Crippen molar-refractivity contribution in [3.63, 3.8) is 0 Å². The van der Waals surface area contributed by atoms with E-state index in [1.165, 1.54) is 7.11 Å². The Bertz CT molecular complexity index is 412. The highest BCUT2D eigenvalue weighted by Crippen LogP contribution is 2.35. The van der Waals surface area contributed by atoms with E-state index in [9.17, 15) is 13.6 Å². The van der Waals surface area contributed by atoms with Crippen LogP contribution in [0.15, 0.2) is 10.8 Å². The van der Waals surface area contributed by atoms with Gasteiger partial charge in [-0.3, -0.25) is 4.79 Å². The molecule has 1 N–H and O–H groups in total. The van der Waals surface area contributed by atoms with E-state index >= 15 is 0 Å². The molecule has 0 aliphatic rings. The number of methoxy groups -OCH3 is 1. The molecule has 0 unspecified atom stereocenters. The molecule has 1 heterocycles. The Morgan fingerprint density at radius 2 is 2.31 bits per heavy atom. The Kier molecular flexibility index (Phi) is 4.17. The van der Waals surface area contributed by atoms with Gasteiger partial charge >= 0.3 is 5.97 Å². The predicted molar refractivity (Wildman–Crippen MR) is 54.8 cm³/mol. The largest absolute Gasteiger partial charge is 0.495 e. The molecule has 1 rings (SSSR count). The van der Waals surface area contributed by atoms with E-state index in [2.05, 4.69) is 20.9 Å². The van der Waals surface area contributed by atoms with Gasteiger partial charge in [-0.2, -0.15) is 0 Å².